The van der Waals surface area contributed by atoms with Crippen molar-refractivity contribution >= 4 is 40.6 Å². The van der Waals surface area contributed by atoms with E-state index in [-0.39, 0.29) is 5.91 Å². The number of hydrogen-bond donors (Lipinski definition) is 3. The lowest BCUT2D eigenvalue weighted by Crippen LogP contribution is -2.22. The zero-order valence-corrected chi connectivity index (χ0v) is 19.6. The molecule has 0 radical (unpaired) electrons. The summed E-state index contributed by atoms with van der Waals surface area (Å²) in [5.74, 6) is -0.0276. The van der Waals surface area contributed by atoms with E-state index in [1.807, 2.05) is 43.3 Å². The molecule has 0 saturated heterocycles. The molecule has 2 heterocycles. The minimum Gasteiger partial charge on any atom is -0.356 e. The Morgan fingerprint density at radius 2 is 1.89 bits per heavy atom. The first-order valence-electron chi connectivity index (χ1n) is 11.1. The lowest BCUT2D eigenvalue weighted by Gasteiger charge is -2.12. The highest BCUT2D eigenvalue weighted by Crippen LogP contribution is 2.26. The number of hydrogen-bond acceptors (Lipinski definition) is 7. The fourth-order valence-electron chi connectivity index (χ4n) is 3.47. The molecule has 36 heavy (non-hydrogen) atoms. The van der Waals surface area contributed by atoms with E-state index in [9.17, 15) is 10.1 Å². The first-order chi connectivity index (χ1) is 17.6. The van der Waals surface area contributed by atoms with Crippen LogP contribution in [0.4, 0.5) is 17.1 Å². The molecule has 176 valence electrons. The third kappa shape index (κ3) is 5.79. The number of anilines is 3. The molecule has 0 fully saturated rings. The van der Waals surface area contributed by atoms with E-state index in [0.717, 1.165) is 28.0 Å². The number of aromatic nitrogens is 2. The molecule has 4 rings (SSSR count). The molecule has 0 aliphatic carbocycles. The van der Waals surface area contributed by atoms with Crippen LogP contribution >= 0.6 is 0 Å². The average Bonchev–Trinajstić information content (AvgIpc) is 2.92. The fraction of sp³-hybridized carbons (Fsp3) is 0.0357. The van der Waals surface area contributed by atoms with Crippen molar-refractivity contribution < 1.29 is 4.79 Å². The zero-order chi connectivity index (χ0) is 25.3. The minimum atomic E-state index is -0.331. The summed E-state index contributed by atoms with van der Waals surface area (Å²) >= 11 is 0. The highest BCUT2D eigenvalue weighted by atomic mass is 16.1. The van der Waals surface area contributed by atoms with E-state index in [1.54, 1.807) is 55.0 Å². The second kappa shape index (κ2) is 11.2. The Balaban J connectivity index is 1.52. The number of nitrogens with zero attached hydrogens (tertiary/aromatic N) is 4. The maximum Gasteiger partial charge on any atom is 0.256 e. The number of rotatable bonds is 8. The van der Waals surface area contributed by atoms with E-state index in [0.29, 0.717) is 22.6 Å². The number of amides is 1. The van der Waals surface area contributed by atoms with Crippen molar-refractivity contribution in [2.24, 2.45) is 4.99 Å². The smallest absolute Gasteiger partial charge is 0.256 e. The molecule has 0 spiro atoms. The van der Waals surface area contributed by atoms with Gasteiger partial charge in [0, 0.05) is 58.4 Å². The van der Waals surface area contributed by atoms with Crippen LogP contribution in [0.15, 0.2) is 108 Å². The number of benzene rings is 2. The number of allylic oxidation sites excluding steroid dienone is 2. The van der Waals surface area contributed by atoms with Crippen molar-refractivity contribution in [2.45, 2.75) is 6.92 Å². The Morgan fingerprint density at radius 3 is 2.64 bits per heavy atom. The van der Waals surface area contributed by atoms with E-state index in [1.165, 1.54) is 0 Å². The molecule has 1 amide bonds. The van der Waals surface area contributed by atoms with Gasteiger partial charge in [0.2, 0.25) is 0 Å². The first-order valence-corrected chi connectivity index (χ1v) is 11.1. The van der Waals surface area contributed by atoms with Gasteiger partial charge >= 0.3 is 0 Å². The van der Waals surface area contributed by atoms with Gasteiger partial charge in [-0.3, -0.25) is 14.8 Å². The van der Waals surface area contributed by atoms with Crippen molar-refractivity contribution in [3.05, 3.63) is 114 Å². The van der Waals surface area contributed by atoms with Crippen molar-refractivity contribution in [1.29, 1.82) is 5.26 Å². The number of nitriles is 1. The van der Waals surface area contributed by atoms with Gasteiger partial charge in [0.15, 0.2) is 0 Å². The highest BCUT2D eigenvalue weighted by Gasteiger charge is 2.10. The Bertz CT molecular complexity index is 1520. The molecular formula is C28H23N7O. The highest BCUT2D eigenvalue weighted by molar-refractivity contribution is 5.97. The van der Waals surface area contributed by atoms with Gasteiger partial charge in [-0.05, 0) is 68.2 Å². The predicted molar refractivity (Wildman–Crippen MR) is 143 cm³/mol. The zero-order valence-electron chi connectivity index (χ0n) is 19.6. The van der Waals surface area contributed by atoms with Crippen LogP contribution in [0.5, 0.6) is 0 Å². The van der Waals surface area contributed by atoms with Gasteiger partial charge in [0.25, 0.3) is 5.91 Å². The van der Waals surface area contributed by atoms with Crippen molar-refractivity contribution in [1.82, 2.24) is 15.3 Å². The third-order valence-corrected chi connectivity index (χ3v) is 5.26. The molecule has 0 saturated carbocycles. The third-order valence-electron chi connectivity index (χ3n) is 5.26. The largest absolute Gasteiger partial charge is 0.356 e. The normalized spacial score (nSPS) is 11.4. The molecule has 0 aliphatic rings. The maximum atomic E-state index is 13.0. The SMILES string of the molecule is C=N/C(=C\C(=C/C)Nc1ccncc1)NC(=O)c1cccc(Nc2ccnc3ccc(C#N)cc23)c1. The van der Waals surface area contributed by atoms with E-state index in [2.05, 4.69) is 43.7 Å². The van der Waals surface area contributed by atoms with Crippen LogP contribution < -0.4 is 16.0 Å². The summed E-state index contributed by atoms with van der Waals surface area (Å²) in [4.78, 5) is 25.3. The molecule has 2 aromatic carbocycles. The van der Waals surface area contributed by atoms with Crippen LogP contribution in [0, 0.1) is 11.3 Å². The van der Waals surface area contributed by atoms with Crippen LogP contribution in [-0.4, -0.2) is 22.6 Å². The molecule has 0 atom stereocenters. The Hall–Kier alpha value is -5.29. The van der Waals surface area contributed by atoms with Crippen molar-refractivity contribution in [3.8, 4) is 6.07 Å². The van der Waals surface area contributed by atoms with Crippen molar-refractivity contribution in [2.75, 3.05) is 10.6 Å². The lowest BCUT2D eigenvalue weighted by atomic mass is 10.1. The number of carbonyl (C=O) groups excluding carboxylic acids is 1. The summed E-state index contributed by atoms with van der Waals surface area (Å²) < 4.78 is 0. The van der Waals surface area contributed by atoms with Gasteiger partial charge in [-0.2, -0.15) is 5.26 Å². The maximum absolute atomic E-state index is 13.0. The molecule has 4 aromatic rings. The summed E-state index contributed by atoms with van der Waals surface area (Å²) in [5, 5.41) is 19.4. The van der Waals surface area contributed by atoms with Gasteiger partial charge in [0.1, 0.15) is 5.82 Å². The van der Waals surface area contributed by atoms with Crippen LogP contribution in [0.2, 0.25) is 0 Å². The van der Waals surface area contributed by atoms with Crippen LogP contribution in [0.3, 0.4) is 0 Å². The number of nitrogens with one attached hydrogen (secondary N) is 3. The van der Waals surface area contributed by atoms with E-state index < -0.39 is 0 Å². The Labute approximate surface area is 208 Å². The predicted octanol–water partition coefficient (Wildman–Crippen LogP) is 5.53. The number of pyridine rings is 2. The van der Waals surface area contributed by atoms with Crippen LogP contribution in [0.25, 0.3) is 10.9 Å². The molecule has 8 nitrogen and oxygen atoms in total. The Morgan fingerprint density at radius 1 is 1.06 bits per heavy atom. The number of carbonyl (C=O) groups is 1. The van der Waals surface area contributed by atoms with Crippen molar-refractivity contribution in [3.63, 3.8) is 0 Å². The van der Waals surface area contributed by atoms with Crippen LogP contribution in [0.1, 0.15) is 22.8 Å². The van der Waals surface area contributed by atoms with Gasteiger partial charge < -0.3 is 16.0 Å². The van der Waals surface area contributed by atoms with Gasteiger partial charge in [-0.25, -0.2) is 4.99 Å². The molecule has 0 unspecified atom stereocenters. The van der Waals surface area contributed by atoms with Gasteiger partial charge in [0.05, 0.1) is 17.1 Å². The van der Waals surface area contributed by atoms with Gasteiger partial charge in [-0.1, -0.05) is 12.1 Å². The standard InChI is InChI=1S/C28H23N7O/c1-3-21(33-22-9-12-31-13-10-22)17-27(30-2)35-28(36)20-5-4-6-23(16-20)34-26-11-14-32-25-8-7-19(18-29)15-24(25)26/h3-17H,2H2,1H3,(H,31,33)(H,32,34)(H,35,36)/b21-3+,27-17+. The van der Waals surface area contributed by atoms with Gasteiger partial charge in [-0.15, -0.1) is 0 Å². The lowest BCUT2D eigenvalue weighted by molar-refractivity contribution is 0.0965. The molecule has 0 aliphatic heterocycles. The minimum absolute atomic E-state index is 0.303. The Kier molecular flexibility index (Phi) is 7.44. The second-order valence-electron chi connectivity index (χ2n) is 7.65. The topological polar surface area (TPSA) is 115 Å². The quantitative estimate of drug-likeness (QED) is 0.229. The molecule has 8 heteroatoms. The molecule has 3 N–H and O–H groups in total. The summed E-state index contributed by atoms with van der Waals surface area (Å²) in [6.45, 7) is 5.45. The molecule has 2 aromatic heterocycles. The fourth-order valence-corrected chi connectivity index (χ4v) is 3.47. The molecule has 0 bridgehead atoms. The number of fused-ring (bicyclic) bond motifs is 1. The first kappa shape index (κ1) is 23.9. The summed E-state index contributed by atoms with van der Waals surface area (Å²) in [5.41, 5.74) is 4.83. The summed E-state index contributed by atoms with van der Waals surface area (Å²) in [6.07, 6.45) is 8.62. The summed E-state index contributed by atoms with van der Waals surface area (Å²) in [7, 11) is 0. The van der Waals surface area contributed by atoms with E-state index >= 15 is 0 Å². The monoisotopic (exact) mass is 473 g/mol. The van der Waals surface area contributed by atoms with E-state index in [4.69, 9.17) is 0 Å². The number of aliphatic imine (C=N–C) groups is 1. The second-order valence-corrected chi connectivity index (χ2v) is 7.65. The average molecular weight is 474 g/mol. The summed E-state index contributed by atoms with van der Waals surface area (Å²) in [6, 6.07) is 20.1. The molecular weight excluding hydrogens is 450 g/mol. The van der Waals surface area contributed by atoms with Crippen LogP contribution in [-0.2, 0) is 0 Å².